The van der Waals surface area contributed by atoms with E-state index in [9.17, 15) is 18.0 Å². The molecule has 31 heavy (non-hydrogen) atoms. The SMILES string of the molecule is Cc1nc(N[C@H](C)c2cccc(C(F)(F)F)c2)c2cc(C(C)CC(=O)O)c(C)cc2n1. The second-order valence-electron chi connectivity index (χ2n) is 7.83. The summed E-state index contributed by atoms with van der Waals surface area (Å²) in [7, 11) is 0. The molecule has 0 fully saturated rings. The maximum atomic E-state index is 13.1. The Labute approximate surface area is 178 Å². The first-order valence-electron chi connectivity index (χ1n) is 9.90. The number of anilines is 1. The highest BCUT2D eigenvalue weighted by atomic mass is 19.4. The predicted octanol–water partition coefficient (Wildman–Crippen LogP) is 6.02. The van der Waals surface area contributed by atoms with E-state index in [1.807, 2.05) is 26.0 Å². The minimum atomic E-state index is -4.42. The van der Waals surface area contributed by atoms with Crippen molar-refractivity contribution < 1.29 is 23.1 Å². The Balaban J connectivity index is 2.02. The number of aliphatic carboxylic acids is 1. The number of rotatable bonds is 6. The monoisotopic (exact) mass is 431 g/mol. The number of carboxylic acid groups (broad SMARTS) is 1. The van der Waals surface area contributed by atoms with Gasteiger partial charge in [0.1, 0.15) is 11.6 Å². The van der Waals surface area contributed by atoms with Gasteiger partial charge >= 0.3 is 12.1 Å². The van der Waals surface area contributed by atoms with E-state index in [1.54, 1.807) is 19.9 Å². The van der Waals surface area contributed by atoms with Gasteiger partial charge in [0.15, 0.2) is 0 Å². The van der Waals surface area contributed by atoms with Crippen LogP contribution in [0.15, 0.2) is 36.4 Å². The molecule has 0 saturated carbocycles. The molecule has 2 aromatic carbocycles. The predicted molar refractivity (Wildman–Crippen MR) is 113 cm³/mol. The average molecular weight is 431 g/mol. The van der Waals surface area contributed by atoms with Gasteiger partial charge in [0.2, 0.25) is 0 Å². The molecule has 1 aromatic heterocycles. The van der Waals surface area contributed by atoms with Crippen molar-refractivity contribution in [3.8, 4) is 0 Å². The van der Waals surface area contributed by atoms with Crippen LogP contribution in [0.3, 0.4) is 0 Å². The van der Waals surface area contributed by atoms with Crippen molar-refractivity contribution >= 4 is 22.7 Å². The largest absolute Gasteiger partial charge is 0.481 e. The molecule has 5 nitrogen and oxygen atoms in total. The Morgan fingerprint density at radius 3 is 2.48 bits per heavy atom. The van der Waals surface area contributed by atoms with E-state index in [4.69, 9.17) is 5.11 Å². The number of hydrogen-bond acceptors (Lipinski definition) is 4. The first kappa shape index (κ1) is 22.5. The number of aromatic nitrogens is 2. The topological polar surface area (TPSA) is 75.1 Å². The molecule has 1 heterocycles. The molecule has 2 atom stereocenters. The fourth-order valence-corrected chi connectivity index (χ4v) is 3.70. The molecule has 3 rings (SSSR count). The summed E-state index contributed by atoms with van der Waals surface area (Å²) in [5.74, 6) is -0.0752. The number of halogens is 3. The van der Waals surface area contributed by atoms with Crippen LogP contribution >= 0.6 is 0 Å². The molecule has 0 aliphatic rings. The Bertz CT molecular complexity index is 1130. The lowest BCUT2D eigenvalue weighted by molar-refractivity contribution is -0.138. The normalized spacial score (nSPS) is 13.8. The molecule has 0 saturated heterocycles. The van der Waals surface area contributed by atoms with Crippen LogP contribution in [0.4, 0.5) is 19.0 Å². The standard InChI is InChI=1S/C23H24F3N3O2/c1-12-8-20-19(11-18(12)13(2)9-21(30)31)22(29-15(4)28-20)27-14(3)16-6-5-7-17(10-16)23(24,25)26/h5-8,10-11,13-14H,9H2,1-4H3,(H,30,31)(H,27,28,29)/t13?,14-/m1/s1. The van der Waals surface area contributed by atoms with E-state index in [0.29, 0.717) is 28.1 Å². The number of carbonyl (C=O) groups is 1. The molecule has 8 heteroatoms. The van der Waals surface area contributed by atoms with E-state index in [1.165, 1.54) is 6.07 Å². The summed E-state index contributed by atoms with van der Waals surface area (Å²) in [5, 5.41) is 13.1. The minimum absolute atomic E-state index is 0.0114. The van der Waals surface area contributed by atoms with Gasteiger partial charge in [-0.15, -0.1) is 0 Å². The zero-order valence-electron chi connectivity index (χ0n) is 17.7. The second-order valence-corrected chi connectivity index (χ2v) is 7.83. The van der Waals surface area contributed by atoms with Crippen LogP contribution in [0, 0.1) is 13.8 Å². The second kappa shape index (κ2) is 8.53. The van der Waals surface area contributed by atoms with E-state index >= 15 is 0 Å². The highest BCUT2D eigenvalue weighted by Gasteiger charge is 2.30. The van der Waals surface area contributed by atoms with Crippen LogP contribution in [0.5, 0.6) is 0 Å². The van der Waals surface area contributed by atoms with Gasteiger partial charge in [-0.05, 0) is 67.6 Å². The smallest absolute Gasteiger partial charge is 0.416 e. The van der Waals surface area contributed by atoms with Crippen molar-refractivity contribution in [1.29, 1.82) is 0 Å². The van der Waals surface area contributed by atoms with Gasteiger partial charge in [-0.1, -0.05) is 19.1 Å². The highest BCUT2D eigenvalue weighted by molar-refractivity contribution is 5.90. The molecule has 0 radical (unpaired) electrons. The van der Waals surface area contributed by atoms with E-state index in [2.05, 4.69) is 15.3 Å². The van der Waals surface area contributed by atoms with E-state index in [0.717, 1.165) is 23.3 Å². The molecule has 2 N–H and O–H groups in total. The fourth-order valence-electron chi connectivity index (χ4n) is 3.70. The molecular formula is C23H24F3N3O2. The number of alkyl halides is 3. The zero-order chi connectivity index (χ0) is 22.9. The summed E-state index contributed by atoms with van der Waals surface area (Å²) in [4.78, 5) is 20.1. The van der Waals surface area contributed by atoms with Gasteiger partial charge in [-0.25, -0.2) is 9.97 Å². The first-order valence-corrected chi connectivity index (χ1v) is 9.90. The number of benzene rings is 2. The van der Waals surface area contributed by atoms with Gasteiger partial charge in [0.05, 0.1) is 17.5 Å². The van der Waals surface area contributed by atoms with Crippen molar-refractivity contribution in [3.05, 3.63) is 64.5 Å². The molecule has 0 aliphatic carbocycles. The summed E-state index contributed by atoms with van der Waals surface area (Å²) < 4.78 is 39.3. The summed E-state index contributed by atoms with van der Waals surface area (Å²) >= 11 is 0. The average Bonchev–Trinajstić information content (AvgIpc) is 2.66. The first-order chi connectivity index (χ1) is 14.5. The number of nitrogens with zero attached hydrogens (tertiary/aromatic N) is 2. The molecule has 0 aliphatic heterocycles. The van der Waals surface area contributed by atoms with Gasteiger partial charge in [0.25, 0.3) is 0 Å². The lowest BCUT2D eigenvalue weighted by Crippen LogP contribution is -2.12. The molecule has 1 unspecified atom stereocenters. The Morgan fingerprint density at radius 2 is 1.84 bits per heavy atom. The van der Waals surface area contributed by atoms with Gasteiger partial charge in [0, 0.05) is 11.4 Å². The number of nitrogens with one attached hydrogen (secondary N) is 1. The van der Waals surface area contributed by atoms with Crippen LogP contribution in [0.2, 0.25) is 0 Å². The fraction of sp³-hybridized carbons (Fsp3) is 0.348. The number of hydrogen-bond donors (Lipinski definition) is 2. The minimum Gasteiger partial charge on any atom is -0.481 e. The van der Waals surface area contributed by atoms with Crippen LogP contribution in [0.1, 0.15) is 60.3 Å². The summed E-state index contributed by atoms with van der Waals surface area (Å²) in [6, 6.07) is 8.50. The van der Waals surface area contributed by atoms with Crippen molar-refractivity contribution in [2.75, 3.05) is 5.32 Å². The van der Waals surface area contributed by atoms with Gasteiger partial charge in [-0.3, -0.25) is 4.79 Å². The van der Waals surface area contributed by atoms with Crippen LogP contribution < -0.4 is 5.32 Å². The molecule has 0 bridgehead atoms. The maximum Gasteiger partial charge on any atom is 0.416 e. The summed E-state index contributed by atoms with van der Waals surface area (Å²) in [6.45, 7) is 7.26. The summed E-state index contributed by atoms with van der Waals surface area (Å²) in [6.07, 6.45) is -4.43. The third-order valence-electron chi connectivity index (χ3n) is 5.27. The van der Waals surface area contributed by atoms with Crippen molar-refractivity contribution in [3.63, 3.8) is 0 Å². The maximum absolute atomic E-state index is 13.1. The highest BCUT2D eigenvalue weighted by Crippen LogP contribution is 2.33. The third kappa shape index (κ3) is 5.13. The number of carboxylic acids is 1. The lowest BCUT2D eigenvalue weighted by atomic mass is 9.92. The van der Waals surface area contributed by atoms with Crippen molar-refractivity contribution in [2.45, 2.75) is 52.3 Å². The van der Waals surface area contributed by atoms with E-state index in [-0.39, 0.29) is 12.3 Å². The number of fused-ring (bicyclic) bond motifs is 1. The molecule has 164 valence electrons. The van der Waals surface area contributed by atoms with E-state index < -0.39 is 23.8 Å². The Kier molecular flexibility index (Phi) is 6.20. The quantitative estimate of drug-likeness (QED) is 0.499. The van der Waals surface area contributed by atoms with Gasteiger partial charge in [-0.2, -0.15) is 13.2 Å². The zero-order valence-corrected chi connectivity index (χ0v) is 17.7. The van der Waals surface area contributed by atoms with Crippen LogP contribution in [-0.4, -0.2) is 21.0 Å². The van der Waals surface area contributed by atoms with Crippen LogP contribution in [0.25, 0.3) is 10.9 Å². The van der Waals surface area contributed by atoms with Crippen LogP contribution in [-0.2, 0) is 11.0 Å². The van der Waals surface area contributed by atoms with Crippen molar-refractivity contribution in [1.82, 2.24) is 9.97 Å². The third-order valence-corrected chi connectivity index (χ3v) is 5.27. The van der Waals surface area contributed by atoms with Crippen molar-refractivity contribution in [2.24, 2.45) is 0 Å². The number of aryl methyl sites for hydroxylation is 2. The molecule has 0 spiro atoms. The van der Waals surface area contributed by atoms with Gasteiger partial charge < -0.3 is 10.4 Å². The summed E-state index contributed by atoms with van der Waals surface area (Å²) in [5.41, 5.74) is 2.26. The molecule has 3 aromatic rings. The Morgan fingerprint density at radius 1 is 1.13 bits per heavy atom. The Hall–Kier alpha value is -3.16. The molecule has 0 amide bonds. The molecular weight excluding hydrogens is 407 g/mol. The lowest BCUT2D eigenvalue weighted by Gasteiger charge is -2.20.